The molecule has 26 heavy (non-hydrogen) atoms. The summed E-state index contributed by atoms with van der Waals surface area (Å²) in [5, 5.41) is 12.7. The molecule has 0 bridgehead atoms. The lowest BCUT2D eigenvalue weighted by atomic mass is 10.0. The minimum atomic E-state index is -0.782. The Bertz CT molecular complexity index is 654. The number of urea groups is 1. The zero-order chi connectivity index (χ0) is 19.9. The van der Waals surface area contributed by atoms with Gasteiger partial charge in [-0.05, 0) is 61.4 Å². The summed E-state index contributed by atoms with van der Waals surface area (Å²) in [4.78, 5) is 16.5. The monoisotopic (exact) mass is 442 g/mol. The molecular weight excluding hydrogens is 416 g/mol. The van der Waals surface area contributed by atoms with Crippen molar-refractivity contribution in [2.75, 3.05) is 27.2 Å². The number of carbonyl (C=O) groups is 1. The lowest BCUT2D eigenvalue weighted by Crippen LogP contribution is -2.48. The molecule has 1 unspecified atom stereocenters. The number of hydrogen-bond donors (Lipinski definition) is 1. The van der Waals surface area contributed by atoms with Gasteiger partial charge in [-0.1, -0.05) is 37.6 Å². The van der Waals surface area contributed by atoms with Crippen LogP contribution in [0.5, 0.6) is 0 Å². The molecule has 1 aliphatic rings. The number of likely N-dealkylation sites (tertiary alicyclic amines) is 1. The molecular formula is C19H28BrClN4O. The first kappa shape index (κ1) is 22.8. The van der Waals surface area contributed by atoms with Crippen molar-refractivity contribution in [2.24, 2.45) is 0 Å². The average Bonchev–Trinajstić information content (AvgIpc) is 2.66. The first-order chi connectivity index (χ1) is 12.3. The summed E-state index contributed by atoms with van der Waals surface area (Å²) in [6, 6.07) is 4.96. The zero-order valence-electron chi connectivity index (χ0n) is 16.1. The van der Waals surface area contributed by atoms with Gasteiger partial charge in [-0.25, -0.2) is 4.79 Å². The van der Waals surface area contributed by atoms with Crippen LogP contribution in [0.2, 0.25) is 5.02 Å². The molecule has 0 aliphatic carbocycles. The van der Waals surface area contributed by atoms with Gasteiger partial charge in [0.25, 0.3) is 0 Å². The van der Waals surface area contributed by atoms with E-state index in [1.807, 2.05) is 26.8 Å². The van der Waals surface area contributed by atoms with Crippen molar-refractivity contribution >= 4 is 33.6 Å². The second-order valence-corrected chi connectivity index (χ2v) is 7.43. The summed E-state index contributed by atoms with van der Waals surface area (Å²) in [5.41, 5.74) is 1.58. The van der Waals surface area contributed by atoms with Crippen LogP contribution in [-0.2, 0) is 0 Å². The number of nitriles is 1. The van der Waals surface area contributed by atoms with Crippen LogP contribution in [0.4, 0.5) is 4.79 Å². The molecule has 1 aliphatic heterocycles. The van der Waals surface area contributed by atoms with Crippen LogP contribution in [0, 0.1) is 18.3 Å². The number of hydrogen-bond acceptors (Lipinski definition) is 3. The molecule has 1 heterocycles. The molecule has 1 fully saturated rings. The quantitative estimate of drug-likeness (QED) is 0.734. The maximum absolute atomic E-state index is 12.5. The SMILES string of the molecule is CC.Cc1ccc(C(C#N)NC(=O)N(C)C2CCN(C)CC2)c(Cl)c1Br. The number of rotatable bonds is 3. The van der Waals surface area contributed by atoms with E-state index in [1.54, 1.807) is 18.0 Å². The number of nitrogens with one attached hydrogen (secondary N) is 1. The number of nitrogens with zero attached hydrogens (tertiary/aromatic N) is 3. The Balaban J connectivity index is 0.00000163. The number of piperidine rings is 1. The van der Waals surface area contributed by atoms with E-state index in [-0.39, 0.29) is 12.1 Å². The number of carbonyl (C=O) groups excluding carboxylic acids is 1. The van der Waals surface area contributed by atoms with E-state index in [4.69, 9.17) is 11.6 Å². The van der Waals surface area contributed by atoms with Crippen molar-refractivity contribution in [3.8, 4) is 6.07 Å². The number of halogens is 2. The Morgan fingerprint density at radius 2 is 2.00 bits per heavy atom. The number of aryl methyl sites for hydroxylation is 1. The zero-order valence-corrected chi connectivity index (χ0v) is 18.5. The van der Waals surface area contributed by atoms with E-state index in [0.29, 0.717) is 10.6 Å². The second-order valence-electron chi connectivity index (χ2n) is 6.26. The topological polar surface area (TPSA) is 59.4 Å². The lowest BCUT2D eigenvalue weighted by Gasteiger charge is -2.35. The Hall–Kier alpha value is -1.29. The van der Waals surface area contributed by atoms with Crippen molar-refractivity contribution in [1.82, 2.24) is 15.1 Å². The van der Waals surface area contributed by atoms with Gasteiger partial charge in [-0.15, -0.1) is 0 Å². The van der Waals surface area contributed by atoms with E-state index in [9.17, 15) is 10.1 Å². The molecule has 2 rings (SSSR count). The van der Waals surface area contributed by atoms with Gasteiger partial charge in [-0.2, -0.15) is 5.26 Å². The number of benzene rings is 1. The van der Waals surface area contributed by atoms with E-state index in [0.717, 1.165) is 36.0 Å². The summed E-state index contributed by atoms with van der Waals surface area (Å²) >= 11 is 9.75. The molecule has 1 atom stereocenters. The van der Waals surface area contributed by atoms with Crippen molar-refractivity contribution in [1.29, 1.82) is 5.26 Å². The third-order valence-electron chi connectivity index (χ3n) is 4.57. The third-order valence-corrected chi connectivity index (χ3v) is 6.23. The fourth-order valence-corrected chi connectivity index (χ4v) is 3.52. The standard InChI is InChI=1S/C17H22BrClN4O.C2H6/c1-11-4-5-13(16(19)15(11)18)14(10-20)21-17(24)23(3)12-6-8-22(2)9-7-12;1-2/h4-5,12,14H,6-9H2,1-3H3,(H,21,24);1-2H3. The molecule has 1 saturated heterocycles. The molecule has 1 aromatic carbocycles. The predicted octanol–water partition coefficient (Wildman–Crippen LogP) is 4.74. The molecule has 0 aromatic heterocycles. The molecule has 0 saturated carbocycles. The molecule has 0 spiro atoms. The molecule has 1 N–H and O–H groups in total. The molecule has 5 nitrogen and oxygen atoms in total. The van der Waals surface area contributed by atoms with Crippen LogP contribution < -0.4 is 5.32 Å². The van der Waals surface area contributed by atoms with Crippen LogP contribution in [0.3, 0.4) is 0 Å². The molecule has 2 amide bonds. The Kier molecular flexibility index (Phi) is 9.42. The highest BCUT2D eigenvalue weighted by Gasteiger charge is 2.26. The van der Waals surface area contributed by atoms with Gasteiger partial charge in [0.15, 0.2) is 0 Å². The molecule has 0 radical (unpaired) electrons. The summed E-state index contributed by atoms with van der Waals surface area (Å²) < 4.78 is 0.750. The molecule has 144 valence electrons. The van der Waals surface area contributed by atoms with Crippen molar-refractivity contribution in [3.63, 3.8) is 0 Å². The van der Waals surface area contributed by atoms with Crippen molar-refractivity contribution < 1.29 is 4.79 Å². The second kappa shape index (κ2) is 10.8. The van der Waals surface area contributed by atoms with Crippen molar-refractivity contribution in [2.45, 2.75) is 45.7 Å². The van der Waals surface area contributed by atoms with Gasteiger partial charge in [0.05, 0.1) is 11.1 Å². The minimum absolute atomic E-state index is 0.195. The summed E-state index contributed by atoms with van der Waals surface area (Å²) in [7, 11) is 3.87. The normalized spacial score (nSPS) is 16.1. The predicted molar refractivity (Wildman–Crippen MR) is 110 cm³/mol. The molecule has 1 aromatic rings. The lowest BCUT2D eigenvalue weighted by molar-refractivity contribution is 0.147. The summed E-state index contributed by atoms with van der Waals surface area (Å²) in [6.07, 6.45) is 1.88. The first-order valence-corrected chi connectivity index (χ1v) is 10.1. The summed E-state index contributed by atoms with van der Waals surface area (Å²) in [5.74, 6) is 0. The van der Waals surface area contributed by atoms with Gasteiger partial charge >= 0.3 is 6.03 Å². The van der Waals surface area contributed by atoms with Gasteiger partial charge in [0.1, 0.15) is 6.04 Å². The highest BCUT2D eigenvalue weighted by Crippen LogP contribution is 2.33. The van der Waals surface area contributed by atoms with E-state index < -0.39 is 6.04 Å². The highest BCUT2D eigenvalue weighted by atomic mass is 79.9. The smallest absolute Gasteiger partial charge is 0.318 e. The molecule has 7 heteroatoms. The van der Waals surface area contributed by atoms with Gasteiger partial charge < -0.3 is 15.1 Å². The Morgan fingerprint density at radius 1 is 1.42 bits per heavy atom. The first-order valence-electron chi connectivity index (χ1n) is 8.91. The van der Waals surface area contributed by atoms with Gasteiger partial charge in [0, 0.05) is 23.1 Å². The van der Waals surface area contributed by atoms with Crippen LogP contribution >= 0.6 is 27.5 Å². The Morgan fingerprint density at radius 3 is 2.54 bits per heavy atom. The average molecular weight is 444 g/mol. The van der Waals surface area contributed by atoms with Crippen LogP contribution in [0.15, 0.2) is 16.6 Å². The maximum Gasteiger partial charge on any atom is 0.318 e. The van der Waals surface area contributed by atoms with Gasteiger partial charge in [0.2, 0.25) is 0 Å². The van der Waals surface area contributed by atoms with Crippen molar-refractivity contribution in [3.05, 3.63) is 32.8 Å². The third kappa shape index (κ3) is 5.60. The van der Waals surface area contributed by atoms with E-state index in [2.05, 4.69) is 39.3 Å². The minimum Gasteiger partial charge on any atom is -0.325 e. The van der Waals surface area contributed by atoms with E-state index >= 15 is 0 Å². The van der Waals surface area contributed by atoms with Gasteiger partial charge in [-0.3, -0.25) is 0 Å². The summed E-state index contributed by atoms with van der Waals surface area (Å²) in [6.45, 7) is 7.87. The maximum atomic E-state index is 12.5. The Labute approximate surface area is 170 Å². The van der Waals surface area contributed by atoms with E-state index in [1.165, 1.54) is 0 Å². The highest BCUT2D eigenvalue weighted by molar-refractivity contribution is 9.10. The van der Waals surface area contributed by atoms with Crippen LogP contribution in [0.25, 0.3) is 0 Å². The number of amides is 2. The fraction of sp³-hybridized carbons (Fsp3) is 0.579. The van der Waals surface area contributed by atoms with Crippen LogP contribution in [-0.4, -0.2) is 49.1 Å². The fourth-order valence-electron chi connectivity index (χ4n) is 2.84. The van der Waals surface area contributed by atoms with Crippen LogP contribution in [0.1, 0.15) is 43.9 Å². The largest absolute Gasteiger partial charge is 0.325 e.